The zero-order valence-electron chi connectivity index (χ0n) is 18.1. The van der Waals surface area contributed by atoms with Crippen LogP contribution in [0.5, 0.6) is 0 Å². The van der Waals surface area contributed by atoms with Crippen molar-refractivity contribution in [1.29, 1.82) is 0 Å². The highest BCUT2D eigenvalue weighted by atomic mass is 16.6. The van der Waals surface area contributed by atoms with Gasteiger partial charge in [0.05, 0.1) is 12.6 Å². The minimum Gasteiger partial charge on any atom is -0.361 e. The van der Waals surface area contributed by atoms with Gasteiger partial charge in [-0.3, -0.25) is 19.9 Å². The average Bonchev–Trinajstić information content (AvgIpc) is 3.16. The highest BCUT2D eigenvalue weighted by Crippen LogP contribution is 2.19. The number of Topliss-reactive ketones (excluding diaryl/α,β-unsaturated/α-hetero) is 1. The lowest BCUT2D eigenvalue weighted by Gasteiger charge is -2.18. The molecule has 1 aromatic heterocycles. The fourth-order valence-corrected chi connectivity index (χ4v) is 3.31. The maximum atomic E-state index is 12.9. The normalized spacial score (nSPS) is 12.7. The number of rotatable bonds is 10. The lowest BCUT2D eigenvalue weighted by atomic mass is 10.0. The van der Waals surface area contributed by atoms with Crippen molar-refractivity contribution in [2.24, 2.45) is 5.92 Å². The topological polar surface area (TPSA) is 83.2 Å². The lowest BCUT2D eigenvalue weighted by Crippen LogP contribution is -2.44. The number of amides is 1. The predicted octanol–water partition coefficient (Wildman–Crippen LogP) is 4.05. The molecule has 2 aromatic carbocycles. The Morgan fingerprint density at radius 2 is 1.77 bits per heavy atom. The average molecular weight is 420 g/mol. The molecule has 0 saturated heterocycles. The predicted molar refractivity (Wildman–Crippen MR) is 122 cm³/mol. The SMILES string of the molecule is CC(=O)C(Cc1c[nH]c2ccccc12)NC(=O)C(=CC(C)C)NOCc1ccccc1. The summed E-state index contributed by atoms with van der Waals surface area (Å²) in [6.45, 7) is 5.75. The van der Waals surface area contributed by atoms with E-state index in [1.165, 1.54) is 6.92 Å². The number of nitrogens with one attached hydrogen (secondary N) is 3. The Bertz CT molecular complexity index is 1050. The Hall–Kier alpha value is -3.38. The first-order chi connectivity index (χ1) is 14.9. The van der Waals surface area contributed by atoms with Crippen molar-refractivity contribution < 1.29 is 14.4 Å². The Balaban J connectivity index is 1.68. The van der Waals surface area contributed by atoms with E-state index in [2.05, 4.69) is 15.8 Å². The van der Waals surface area contributed by atoms with Gasteiger partial charge in [0.2, 0.25) is 0 Å². The molecule has 0 saturated carbocycles. The molecule has 6 heteroatoms. The monoisotopic (exact) mass is 419 g/mol. The van der Waals surface area contributed by atoms with Crippen molar-refractivity contribution in [2.45, 2.75) is 39.8 Å². The molecule has 1 heterocycles. The Morgan fingerprint density at radius 3 is 2.48 bits per heavy atom. The quantitative estimate of drug-likeness (QED) is 0.342. The fourth-order valence-electron chi connectivity index (χ4n) is 3.31. The molecule has 0 bridgehead atoms. The number of ketones is 1. The molecule has 31 heavy (non-hydrogen) atoms. The molecule has 3 aromatic rings. The first-order valence-electron chi connectivity index (χ1n) is 10.4. The van der Waals surface area contributed by atoms with Gasteiger partial charge in [-0.25, -0.2) is 0 Å². The number of hydroxylamine groups is 1. The van der Waals surface area contributed by atoms with Crippen molar-refractivity contribution in [2.75, 3.05) is 0 Å². The van der Waals surface area contributed by atoms with Crippen LogP contribution in [0, 0.1) is 5.92 Å². The molecule has 0 spiro atoms. The standard InChI is InChI=1S/C25H29N3O3/c1-17(2)13-24(28-31-16-19-9-5-4-6-10-19)25(30)27-23(18(3)29)14-20-15-26-22-12-8-7-11-21(20)22/h4-13,15,17,23,26,28H,14,16H2,1-3H3,(H,27,30). The van der Waals surface area contributed by atoms with Gasteiger partial charge < -0.3 is 10.3 Å². The Morgan fingerprint density at radius 1 is 1.06 bits per heavy atom. The number of H-pyrrole nitrogens is 1. The molecule has 6 nitrogen and oxygen atoms in total. The number of fused-ring (bicyclic) bond motifs is 1. The molecular formula is C25H29N3O3. The van der Waals surface area contributed by atoms with Crippen LogP contribution in [0.25, 0.3) is 10.9 Å². The van der Waals surface area contributed by atoms with E-state index in [0.717, 1.165) is 22.0 Å². The van der Waals surface area contributed by atoms with Gasteiger partial charge in [0, 0.05) is 23.5 Å². The maximum Gasteiger partial charge on any atom is 0.269 e. The van der Waals surface area contributed by atoms with E-state index in [9.17, 15) is 9.59 Å². The molecule has 162 valence electrons. The van der Waals surface area contributed by atoms with E-state index >= 15 is 0 Å². The summed E-state index contributed by atoms with van der Waals surface area (Å²) in [7, 11) is 0. The van der Waals surface area contributed by atoms with E-state index < -0.39 is 6.04 Å². The van der Waals surface area contributed by atoms with Gasteiger partial charge in [-0.1, -0.05) is 68.5 Å². The molecule has 0 radical (unpaired) electrons. The zero-order chi connectivity index (χ0) is 22.2. The summed E-state index contributed by atoms with van der Waals surface area (Å²) in [6.07, 6.45) is 4.08. The molecule has 0 aliphatic carbocycles. The van der Waals surface area contributed by atoms with Crippen molar-refractivity contribution in [3.8, 4) is 0 Å². The number of hydrogen-bond acceptors (Lipinski definition) is 4. The molecule has 1 unspecified atom stereocenters. The van der Waals surface area contributed by atoms with E-state index in [4.69, 9.17) is 4.84 Å². The second kappa shape index (κ2) is 10.6. The number of hydrogen-bond donors (Lipinski definition) is 3. The van der Waals surface area contributed by atoms with E-state index in [1.54, 1.807) is 6.08 Å². The van der Waals surface area contributed by atoms with Crippen LogP contribution in [-0.2, 0) is 27.5 Å². The molecule has 3 rings (SSSR count). The van der Waals surface area contributed by atoms with Crippen LogP contribution < -0.4 is 10.8 Å². The number of para-hydroxylation sites is 1. The van der Waals surface area contributed by atoms with Crippen LogP contribution in [0.4, 0.5) is 0 Å². The highest BCUT2D eigenvalue weighted by Gasteiger charge is 2.21. The second-order valence-electron chi connectivity index (χ2n) is 7.90. The molecule has 1 amide bonds. The van der Waals surface area contributed by atoms with Crippen molar-refractivity contribution in [3.63, 3.8) is 0 Å². The van der Waals surface area contributed by atoms with Crippen molar-refractivity contribution in [1.82, 2.24) is 15.8 Å². The summed E-state index contributed by atoms with van der Waals surface area (Å²) in [6, 6.07) is 16.9. The molecule has 0 aliphatic rings. The number of allylic oxidation sites excluding steroid dienone is 1. The minimum absolute atomic E-state index is 0.104. The first-order valence-corrected chi connectivity index (χ1v) is 10.4. The second-order valence-corrected chi connectivity index (χ2v) is 7.90. The summed E-state index contributed by atoms with van der Waals surface area (Å²) in [4.78, 5) is 34.0. The largest absolute Gasteiger partial charge is 0.361 e. The molecular weight excluding hydrogens is 390 g/mol. The number of benzene rings is 2. The van der Waals surface area contributed by atoms with Crippen LogP contribution >= 0.6 is 0 Å². The van der Waals surface area contributed by atoms with Gasteiger partial charge in [-0.05, 0) is 30.0 Å². The zero-order valence-corrected chi connectivity index (χ0v) is 18.1. The number of aromatic amines is 1. The lowest BCUT2D eigenvalue weighted by molar-refractivity contribution is -0.125. The van der Waals surface area contributed by atoms with Crippen LogP contribution in [-0.4, -0.2) is 22.7 Å². The Labute approximate surface area is 182 Å². The van der Waals surface area contributed by atoms with Gasteiger partial charge in [-0.15, -0.1) is 0 Å². The number of carbonyl (C=O) groups is 2. The van der Waals surface area contributed by atoms with Crippen LogP contribution in [0.1, 0.15) is 31.9 Å². The van der Waals surface area contributed by atoms with E-state index in [-0.39, 0.29) is 23.3 Å². The number of aromatic nitrogens is 1. The molecule has 3 N–H and O–H groups in total. The first kappa shape index (κ1) is 22.3. The van der Waals surface area contributed by atoms with Gasteiger partial charge in [0.15, 0.2) is 5.78 Å². The third-order valence-corrected chi connectivity index (χ3v) is 4.90. The maximum absolute atomic E-state index is 12.9. The van der Waals surface area contributed by atoms with Crippen molar-refractivity contribution in [3.05, 3.63) is 83.7 Å². The molecule has 0 aliphatic heterocycles. The summed E-state index contributed by atoms with van der Waals surface area (Å²) < 4.78 is 0. The van der Waals surface area contributed by atoms with Gasteiger partial charge in [0.1, 0.15) is 5.70 Å². The van der Waals surface area contributed by atoms with E-state index in [1.807, 2.05) is 74.6 Å². The number of carbonyl (C=O) groups excluding carboxylic acids is 2. The van der Waals surface area contributed by atoms with Gasteiger partial charge >= 0.3 is 0 Å². The van der Waals surface area contributed by atoms with E-state index in [0.29, 0.717) is 13.0 Å². The van der Waals surface area contributed by atoms with Gasteiger partial charge in [0.25, 0.3) is 5.91 Å². The minimum atomic E-state index is -0.641. The smallest absolute Gasteiger partial charge is 0.269 e. The summed E-state index contributed by atoms with van der Waals surface area (Å²) in [5.41, 5.74) is 6.03. The Kier molecular flexibility index (Phi) is 7.62. The highest BCUT2D eigenvalue weighted by molar-refractivity contribution is 5.96. The van der Waals surface area contributed by atoms with Crippen LogP contribution in [0.2, 0.25) is 0 Å². The third kappa shape index (κ3) is 6.30. The third-order valence-electron chi connectivity index (χ3n) is 4.90. The fraction of sp³-hybridized carbons (Fsp3) is 0.280. The molecule has 0 fully saturated rings. The van der Waals surface area contributed by atoms with Crippen LogP contribution in [0.15, 0.2) is 72.6 Å². The molecule has 1 atom stereocenters. The summed E-state index contributed by atoms with van der Waals surface area (Å²) in [5.74, 6) is -0.354. The van der Waals surface area contributed by atoms with Crippen LogP contribution in [0.3, 0.4) is 0 Å². The van der Waals surface area contributed by atoms with Gasteiger partial charge in [-0.2, -0.15) is 0 Å². The summed E-state index contributed by atoms with van der Waals surface area (Å²) in [5, 5.41) is 3.91. The van der Waals surface area contributed by atoms with Crippen molar-refractivity contribution >= 4 is 22.6 Å². The summed E-state index contributed by atoms with van der Waals surface area (Å²) >= 11 is 0.